The summed E-state index contributed by atoms with van der Waals surface area (Å²) in [5.41, 5.74) is 0. The summed E-state index contributed by atoms with van der Waals surface area (Å²) in [4.78, 5) is 6.54. The van der Waals surface area contributed by atoms with E-state index in [-0.39, 0.29) is 10.9 Å². The predicted octanol–water partition coefficient (Wildman–Crippen LogP) is 0.624. The molecule has 1 aliphatic heterocycles. The fourth-order valence-corrected chi connectivity index (χ4v) is 2.01. The molecule has 1 aliphatic rings. The van der Waals surface area contributed by atoms with Crippen LogP contribution in [0.15, 0.2) is 4.99 Å². The highest BCUT2D eigenvalue weighted by molar-refractivity contribution is 7.99. The van der Waals surface area contributed by atoms with E-state index in [0.29, 0.717) is 0 Å². The zero-order chi connectivity index (χ0) is 14.3. The Morgan fingerprint density at radius 1 is 1.47 bits per heavy atom. The summed E-state index contributed by atoms with van der Waals surface area (Å²) in [5, 5.41) is 6.69. The minimum Gasteiger partial charge on any atom is -0.374 e. The van der Waals surface area contributed by atoms with Crippen molar-refractivity contribution in [3.8, 4) is 0 Å². The molecule has 1 saturated heterocycles. The number of rotatable bonds is 5. The number of hydrogen-bond donors (Lipinski definition) is 2. The third-order valence-corrected chi connectivity index (χ3v) is 4.55. The molecule has 1 rings (SSSR count). The van der Waals surface area contributed by atoms with Gasteiger partial charge in [0, 0.05) is 38.0 Å². The van der Waals surface area contributed by atoms with Gasteiger partial charge in [-0.05, 0) is 27.2 Å². The Bertz CT molecular complexity index is 296. The van der Waals surface area contributed by atoms with Crippen LogP contribution in [0, 0.1) is 0 Å². The molecule has 1 atom stereocenters. The lowest BCUT2D eigenvalue weighted by Gasteiger charge is -2.30. The minimum absolute atomic E-state index is 0.208. The van der Waals surface area contributed by atoms with Gasteiger partial charge in [0.2, 0.25) is 0 Å². The molecule has 2 N–H and O–H groups in total. The van der Waals surface area contributed by atoms with Crippen LogP contribution in [-0.2, 0) is 4.74 Å². The maximum absolute atomic E-state index is 5.72. The molecule has 0 aromatic carbocycles. The van der Waals surface area contributed by atoms with Gasteiger partial charge in [-0.15, -0.1) is 0 Å². The van der Waals surface area contributed by atoms with Gasteiger partial charge in [0.15, 0.2) is 5.96 Å². The zero-order valence-corrected chi connectivity index (χ0v) is 13.6. The normalized spacial score (nSPS) is 22.4. The molecule has 0 aliphatic carbocycles. The molecular formula is C13H28N4OS. The number of thioether (sulfide) groups is 1. The summed E-state index contributed by atoms with van der Waals surface area (Å²) in [6, 6.07) is 0. The number of hydrogen-bond acceptors (Lipinski definition) is 4. The van der Waals surface area contributed by atoms with Crippen molar-refractivity contribution < 1.29 is 4.74 Å². The molecule has 5 nitrogen and oxygen atoms in total. The largest absolute Gasteiger partial charge is 0.374 e. The summed E-state index contributed by atoms with van der Waals surface area (Å²) in [6.07, 6.45) is 2.37. The van der Waals surface area contributed by atoms with Crippen molar-refractivity contribution in [3.05, 3.63) is 0 Å². The average molecular weight is 288 g/mol. The van der Waals surface area contributed by atoms with Crippen LogP contribution in [0.25, 0.3) is 0 Å². The maximum atomic E-state index is 5.72. The zero-order valence-electron chi connectivity index (χ0n) is 12.8. The first-order valence-electron chi connectivity index (χ1n) is 6.76. The predicted molar refractivity (Wildman–Crippen MR) is 84.2 cm³/mol. The molecule has 1 unspecified atom stereocenters. The highest BCUT2D eigenvalue weighted by Gasteiger charge is 2.19. The lowest BCUT2D eigenvalue weighted by Crippen LogP contribution is -2.49. The lowest BCUT2D eigenvalue weighted by atomic mass is 10.2. The lowest BCUT2D eigenvalue weighted by molar-refractivity contribution is -0.0161. The van der Waals surface area contributed by atoms with E-state index in [4.69, 9.17) is 4.74 Å². The van der Waals surface area contributed by atoms with E-state index in [1.807, 2.05) is 11.8 Å². The molecule has 0 amide bonds. The Morgan fingerprint density at radius 3 is 2.79 bits per heavy atom. The Kier molecular flexibility index (Phi) is 6.96. The standard InChI is InChI=1S/C13H28N4OS/c1-13(2,19-5)10-16-12(14-3)15-8-11-9-17(4)6-7-18-11/h11H,6-10H2,1-5H3,(H2,14,15,16). The van der Waals surface area contributed by atoms with E-state index < -0.39 is 0 Å². The van der Waals surface area contributed by atoms with Gasteiger partial charge >= 0.3 is 0 Å². The van der Waals surface area contributed by atoms with Crippen molar-refractivity contribution in [2.75, 3.05) is 53.1 Å². The van der Waals surface area contributed by atoms with Gasteiger partial charge in [-0.2, -0.15) is 11.8 Å². The molecular weight excluding hydrogens is 260 g/mol. The monoisotopic (exact) mass is 288 g/mol. The van der Waals surface area contributed by atoms with E-state index in [9.17, 15) is 0 Å². The van der Waals surface area contributed by atoms with E-state index >= 15 is 0 Å². The third kappa shape index (κ3) is 6.49. The van der Waals surface area contributed by atoms with Crippen LogP contribution in [0.5, 0.6) is 0 Å². The molecule has 19 heavy (non-hydrogen) atoms. The number of guanidine groups is 1. The fourth-order valence-electron chi connectivity index (χ4n) is 1.79. The summed E-state index contributed by atoms with van der Waals surface area (Å²) in [6.45, 7) is 8.93. The van der Waals surface area contributed by atoms with Gasteiger partial charge in [-0.1, -0.05) is 0 Å². The van der Waals surface area contributed by atoms with Crippen LogP contribution in [0.4, 0.5) is 0 Å². The maximum Gasteiger partial charge on any atom is 0.191 e. The first-order chi connectivity index (χ1) is 8.96. The summed E-state index contributed by atoms with van der Waals surface area (Å²) >= 11 is 1.85. The van der Waals surface area contributed by atoms with Crippen LogP contribution in [-0.4, -0.2) is 74.8 Å². The first-order valence-corrected chi connectivity index (χ1v) is 7.99. The molecule has 0 aromatic heterocycles. The average Bonchev–Trinajstić information content (AvgIpc) is 2.39. The van der Waals surface area contributed by atoms with Crippen LogP contribution in [0.1, 0.15) is 13.8 Å². The Balaban J connectivity index is 2.29. The highest BCUT2D eigenvalue weighted by atomic mass is 32.2. The van der Waals surface area contributed by atoms with Crippen molar-refractivity contribution >= 4 is 17.7 Å². The summed E-state index contributed by atoms with van der Waals surface area (Å²) in [5.74, 6) is 0.846. The molecule has 112 valence electrons. The van der Waals surface area contributed by atoms with E-state index in [0.717, 1.165) is 38.7 Å². The second-order valence-electron chi connectivity index (χ2n) is 5.53. The van der Waals surface area contributed by atoms with Crippen LogP contribution in [0.2, 0.25) is 0 Å². The van der Waals surface area contributed by atoms with E-state index in [2.05, 4.69) is 47.7 Å². The van der Waals surface area contributed by atoms with Gasteiger partial charge in [0.05, 0.1) is 12.7 Å². The number of ether oxygens (including phenoxy) is 1. The molecule has 0 aromatic rings. The highest BCUT2D eigenvalue weighted by Crippen LogP contribution is 2.19. The van der Waals surface area contributed by atoms with Gasteiger partial charge < -0.3 is 20.3 Å². The SMILES string of the molecule is CN=C(NCC1CN(C)CCO1)NCC(C)(C)SC. The van der Waals surface area contributed by atoms with Gasteiger partial charge in [0.1, 0.15) is 0 Å². The number of morpholine rings is 1. The van der Waals surface area contributed by atoms with Crippen molar-refractivity contribution in [1.29, 1.82) is 0 Å². The first kappa shape index (κ1) is 16.6. The van der Waals surface area contributed by atoms with Crippen LogP contribution < -0.4 is 10.6 Å². The van der Waals surface area contributed by atoms with Crippen LogP contribution >= 0.6 is 11.8 Å². The molecule has 6 heteroatoms. The summed E-state index contributed by atoms with van der Waals surface area (Å²) in [7, 11) is 3.93. The van der Waals surface area contributed by atoms with Crippen molar-refractivity contribution in [3.63, 3.8) is 0 Å². The van der Waals surface area contributed by atoms with Crippen LogP contribution in [0.3, 0.4) is 0 Å². The van der Waals surface area contributed by atoms with Gasteiger partial charge in [0.25, 0.3) is 0 Å². The molecule has 1 fully saturated rings. The number of nitrogens with zero attached hydrogens (tertiary/aromatic N) is 2. The molecule has 0 radical (unpaired) electrons. The van der Waals surface area contributed by atoms with Gasteiger partial charge in [-0.3, -0.25) is 4.99 Å². The topological polar surface area (TPSA) is 48.9 Å². The number of aliphatic imine (C=N–C) groups is 1. The third-order valence-electron chi connectivity index (χ3n) is 3.30. The molecule has 0 bridgehead atoms. The second-order valence-corrected chi connectivity index (χ2v) is 7.04. The smallest absolute Gasteiger partial charge is 0.191 e. The number of likely N-dealkylation sites (N-methyl/N-ethyl adjacent to an activating group) is 1. The van der Waals surface area contributed by atoms with E-state index in [1.165, 1.54) is 0 Å². The Morgan fingerprint density at radius 2 is 2.21 bits per heavy atom. The fraction of sp³-hybridized carbons (Fsp3) is 0.923. The molecule has 1 heterocycles. The second kappa shape index (κ2) is 7.97. The van der Waals surface area contributed by atoms with Crippen molar-refractivity contribution in [2.45, 2.75) is 24.7 Å². The molecule has 0 spiro atoms. The van der Waals surface area contributed by atoms with Crippen molar-refractivity contribution in [2.24, 2.45) is 4.99 Å². The summed E-state index contributed by atoms with van der Waals surface area (Å²) < 4.78 is 5.93. The number of nitrogens with one attached hydrogen (secondary N) is 2. The quantitative estimate of drug-likeness (QED) is 0.574. The Hall–Kier alpha value is -0.460. The Labute approximate surface area is 121 Å². The molecule has 0 saturated carbocycles. The van der Waals surface area contributed by atoms with Crippen molar-refractivity contribution in [1.82, 2.24) is 15.5 Å². The van der Waals surface area contributed by atoms with Gasteiger partial charge in [-0.25, -0.2) is 0 Å². The minimum atomic E-state index is 0.208. The van der Waals surface area contributed by atoms with E-state index in [1.54, 1.807) is 7.05 Å².